The van der Waals surface area contributed by atoms with E-state index in [4.69, 9.17) is 23.2 Å². The minimum Gasteiger partial charge on any atom is -0.276 e. The van der Waals surface area contributed by atoms with Gasteiger partial charge in [-0.05, 0) is 52.0 Å². The number of nitrogens with one attached hydrogen (secondary N) is 1. The lowest BCUT2D eigenvalue weighted by Gasteiger charge is -2.11. The Labute approximate surface area is 203 Å². The van der Waals surface area contributed by atoms with Gasteiger partial charge in [0.1, 0.15) is 4.90 Å². The summed E-state index contributed by atoms with van der Waals surface area (Å²) in [5, 5.41) is 10.0. The van der Waals surface area contributed by atoms with Gasteiger partial charge in [0.25, 0.3) is 10.0 Å². The zero-order valence-corrected chi connectivity index (χ0v) is 20.9. The van der Waals surface area contributed by atoms with Crippen molar-refractivity contribution in [3.8, 4) is 5.69 Å². The Morgan fingerprint density at radius 2 is 1.48 bits per heavy atom. The van der Waals surface area contributed by atoms with Crippen molar-refractivity contribution in [1.29, 1.82) is 0 Å². The summed E-state index contributed by atoms with van der Waals surface area (Å²) in [4.78, 5) is 0.145. The topological polar surface area (TPSA) is 81.8 Å². The summed E-state index contributed by atoms with van der Waals surface area (Å²) in [5.41, 5.74) is 4.06. The first-order valence-electron chi connectivity index (χ1n) is 10.2. The molecule has 2 heterocycles. The van der Waals surface area contributed by atoms with Crippen LogP contribution in [0, 0.1) is 27.7 Å². The van der Waals surface area contributed by atoms with E-state index in [1.807, 2.05) is 30.3 Å². The van der Waals surface area contributed by atoms with Crippen molar-refractivity contribution < 1.29 is 8.42 Å². The molecule has 0 saturated carbocycles. The number of halogens is 2. The van der Waals surface area contributed by atoms with Crippen molar-refractivity contribution in [2.24, 2.45) is 0 Å². The van der Waals surface area contributed by atoms with E-state index in [2.05, 4.69) is 14.9 Å². The van der Waals surface area contributed by atoms with Crippen molar-refractivity contribution in [2.75, 3.05) is 4.72 Å². The van der Waals surface area contributed by atoms with Crippen LogP contribution in [0.3, 0.4) is 0 Å². The van der Waals surface area contributed by atoms with Gasteiger partial charge in [-0.2, -0.15) is 10.2 Å². The first-order valence-corrected chi connectivity index (χ1v) is 12.5. The third kappa shape index (κ3) is 4.38. The van der Waals surface area contributed by atoms with Crippen LogP contribution in [-0.2, 0) is 16.6 Å². The number of para-hydroxylation sites is 1. The molecule has 0 bridgehead atoms. The maximum Gasteiger partial charge on any atom is 0.265 e. The molecular formula is C23H23Cl2N5O2S. The Morgan fingerprint density at radius 1 is 0.848 bits per heavy atom. The molecule has 4 aromatic rings. The molecule has 2 aromatic heterocycles. The summed E-state index contributed by atoms with van der Waals surface area (Å²) in [5.74, 6) is 0. The molecule has 172 valence electrons. The molecule has 0 aliphatic heterocycles. The van der Waals surface area contributed by atoms with Crippen LogP contribution in [0.1, 0.15) is 28.3 Å². The van der Waals surface area contributed by atoms with Crippen LogP contribution in [-0.4, -0.2) is 28.0 Å². The van der Waals surface area contributed by atoms with E-state index >= 15 is 0 Å². The highest BCUT2D eigenvalue weighted by atomic mass is 35.5. The highest BCUT2D eigenvalue weighted by molar-refractivity contribution is 7.92. The van der Waals surface area contributed by atoms with E-state index in [1.54, 1.807) is 55.3 Å². The minimum atomic E-state index is -3.92. The second-order valence-electron chi connectivity index (χ2n) is 7.76. The monoisotopic (exact) mass is 503 g/mol. The first-order chi connectivity index (χ1) is 15.6. The van der Waals surface area contributed by atoms with Crippen molar-refractivity contribution in [3.63, 3.8) is 0 Å². The second-order valence-corrected chi connectivity index (χ2v) is 10.2. The van der Waals surface area contributed by atoms with Crippen LogP contribution in [0.4, 0.5) is 5.69 Å². The maximum atomic E-state index is 13.4. The van der Waals surface area contributed by atoms with Gasteiger partial charge in [0.15, 0.2) is 0 Å². The van der Waals surface area contributed by atoms with Crippen LogP contribution >= 0.6 is 23.2 Å². The third-order valence-corrected chi connectivity index (χ3v) is 7.79. The molecule has 1 N–H and O–H groups in total. The summed E-state index contributed by atoms with van der Waals surface area (Å²) in [6.07, 6.45) is 0. The average molecular weight is 504 g/mol. The number of sulfonamides is 1. The zero-order valence-electron chi connectivity index (χ0n) is 18.6. The van der Waals surface area contributed by atoms with E-state index in [1.165, 1.54) is 0 Å². The fourth-order valence-electron chi connectivity index (χ4n) is 3.86. The molecular weight excluding hydrogens is 481 g/mol. The van der Waals surface area contributed by atoms with Gasteiger partial charge in [0, 0.05) is 15.6 Å². The Balaban J connectivity index is 1.70. The second kappa shape index (κ2) is 8.85. The molecule has 33 heavy (non-hydrogen) atoms. The van der Waals surface area contributed by atoms with E-state index < -0.39 is 10.0 Å². The summed E-state index contributed by atoms with van der Waals surface area (Å²) >= 11 is 12.6. The predicted octanol–water partition coefficient (Wildman–Crippen LogP) is 5.46. The van der Waals surface area contributed by atoms with Crippen LogP contribution in [0.5, 0.6) is 0 Å². The first kappa shape index (κ1) is 23.4. The molecule has 0 spiro atoms. The molecule has 0 aliphatic rings. The van der Waals surface area contributed by atoms with Gasteiger partial charge in [-0.3, -0.25) is 9.40 Å². The van der Waals surface area contributed by atoms with Gasteiger partial charge in [0.2, 0.25) is 0 Å². The molecule has 0 amide bonds. The number of hydrogen-bond acceptors (Lipinski definition) is 4. The molecule has 0 aliphatic carbocycles. The number of nitrogens with zero attached hydrogens (tertiary/aromatic N) is 4. The van der Waals surface area contributed by atoms with Gasteiger partial charge in [-0.1, -0.05) is 47.5 Å². The molecule has 0 atom stereocenters. The standard InChI is InChI=1S/C23H23Cl2N5O2S/c1-14-22(16(3)29(26-14)13-19-20(24)11-8-12-21(19)25)28-33(31,32)23-15(2)27-30(17(23)4)18-9-6-5-7-10-18/h5-12,28H,13H2,1-4H3. The molecule has 2 aromatic carbocycles. The normalized spacial score (nSPS) is 11.7. The lowest BCUT2D eigenvalue weighted by molar-refractivity contribution is 0.600. The summed E-state index contributed by atoms with van der Waals surface area (Å²) in [6.45, 7) is 7.29. The molecule has 0 fully saturated rings. The van der Waals surface area contributed by atoms with Crippen molar-refractivity contribution >= 4 is 38.9 Å². The number of aryl methyl sites for hydroxylation is 2. The zero-order chi connectivity index (χ0) is 23.9. The lowest BCUT2D eigenvalue weighted by atomic mass is 10.2. The quantitative estimate of drug-likeness (QED) is 0.378. The number of benzene rings is 2. The predicted molar refractivity (Wildman–Crippen MR) is 131 cm³/mol. The largest absolute Gasteiger partial charge is 0.276 e. The minimum absolute atomic E-state index is 0.145. The average Bonchev–Trinajstić information content (AvgIpc) is 3.21. The molecule has 4 rings (SSSR count). The van der Waals surface area contributed by atoms with Crippen LogP contribution < -0.4 is 4.72 Å². The maximum absolute atomic E-state index is 13.4. The number of hydrogen-bond donors (Lipinski definition) is 1. The van der Waals surface area contributed by atoms with Crippen LogP contribution in [0.15, 0.2) is 53.4 Å². The van der Waals surface area contributed by atoms with Crippen molar-refractivity contribution in [2.45, 2.75) is 39.1 Å². The van der Waals surface area contributed by atoms with Gasteiger partial charge in [-0.15, -0.1) is 0 Å². The van der Waals surface area contributed by atoms with Gasteiger partial charge < -0.3 is 0 Å². The van der Waals surface area contributed by atoms with E-state index in [9.17, 15) is 8.42 Å². The van der Waals surface area contributed by atoms with Crippen LogP contribution in [0.2, 0.25) is 10.0 Å². The highest BCUT2D eigenvalue weighted by Gasteiger charge is 2.27. The SMILES string of the molecule is Cc1nn(Cc2c(Cl)cccc2Cl)c(C)c1NS(=O)(=O)c1c(C)nn(-c2ccccc2)c1C. The summed E-state index contributed by atoms with van der Waals surface area (Å²) in [7, 11) is -3.92. The van der Waals surface area contributed by atoms with Crippen molar-refractivity contribution in [1.82, 2.24) is 19.6 Å². The van der Waals surface area contributed by atoms with Crippen LogP contribution in [0.25, 0.3) is 5.69 Å². The lowest BCUT2D eigenvalue weighted by Crippen LogP contribution is -2.16. The molecule has 0 saturated heterocycles. The Hall–Kier alpha value is -2.81. The molecule has 7 nitrogen and oxygen atoms in total. The molecule has 0 unspecified atom stereocenters. The molecule has 10 heteroatoms. The van der Waals surface area contributed by atoms with E-state index in [0.29, 0.717) is 45.1 Å². The van der Waals surface area contributed by atoms with Gasteiger partial charge in [-0.25, -0.2) is 13.1 Å². The molecule has 0 radical (unpaired) electrons. The van der Waals surface area contributed by atoms with Crippen molar-refractivity contribution in [3.05, 3.63) is 86.9 Å². The summed E-state index contributed by atoms with van der Waals surface area (Å²) in [6, 6.07) is 14.7. The highest BCUT2D eigenvalue weighted by Crippen LogP contribution is 2.30. The fraction of sp³-hybridized carbons (Fsp3) is 0.217. The fourth-order valence-corrected chi connectivity index (χ4v) is 5.94. The third-order valence-electron chi connectivity index (χ3n) is 5.48. The van der Waals surface area contributed by atoms with E-state index in [0.717, 1.165) is 11.3 Å². The van der Waals surface area contributed by atoms with E-state index in [-0.39, 0.29) is 4.90 Å². The van der Waals surface area contributed by atoms with Gasteiger partial charge in [0.05, 0.1) is 40.7 Å². The van der Waals surface area contributed by atoms with Gasteiger partial charge >= 0.3 is 0 Å². The number of anilines is 1. The summed E-state index contributed by atoms with van der Waals surface area (Å²) < 4.78 is 32.9. The number of rotatable bonds is 6. The Bertz CT molecular complexity index is 1420. The Kier molecular flexibility index (Phi) is 6.26. The number of aromatic nitrogens is 4. The Morgan fingerprint density at radius 3 is 2.12 bits per heavy atom. The smallest absolute Gasteiger partial charge is 0.265 e.